The van der Waals surface area contributed by atoms with Gasteiger partial charge in [-0.15, -0.1) is 0 Å². The van der Waals surface area contributed by atoms with Crippen LogP contribution in [0.2, 0.25) is 0 Å². The van der Waals surface area contributed by atoms with Gasteiger partial charge in [-0.25, -0.2) is 0 Å². The molecule has 0 aromatic heterocycles. The average Bonchev–Trinajstić information content (AvgIpc) is 2.35. The molecule has 1 atom stereocenters. The lowest BCUT2D eigenvalue weighted by Gasteiger charge is -2.11. The normalized spacial score (nSPS) is 14.2. The maximum absolute atomic E-state index is 4.38. The predicted octanol–water partition coefficient (Wildman–Crippen LogP) is 1.53. The van der Waals surface area contributed by atoms with E-state index in [0.29, 0.717) is 6.54 Å². The summed E-state index contributed by atoms with van der Waals surface area (Å²) in [7, 11) is 3.58. The second-order valence-corrected chi connectivity index (χ2v) is 3.46. The summed E-state index contributed by atoms with van der Waals surface area (Å²) in [5.41, 5.74) is 3.59. The van der Waals surface area contributed by atoms with Crippen molar-refractivity contribution in [2.24, 2.45) is 20.3 Å². The topological polar surface area (TPSA) is 64.7 Å². The molecule has 0 aliphatic carbocycles. The molecule has 0 aromatic rings. The standard InChI is InChI=1S/C11H22N6/c1-6-17(5)9-14-10(2)11(12-3)7-8-15-16-13-4/h7,9-10H,3,6,8H2,1-2,4-5H3,(H,13,15)/b11-7-,14-9?. The number of nitrogens with one attached hydrogen (secondary N) is 1. The Hall–Kier alpha value is -1.72. The Bertz CT molecular complexity index is 294. The molecule has 1 unspecified atom stereocenters. The third-order valence-electron chi connectivity index (χ3n) is 2.17. The van der Waals surface area contributed by atoms with Gasteiger partial charge in [0.05, 0.1) is 31.7 Å². The van der Waals surface area contributed by atoms with Crippen LogP contribution in [-0.4, -0.2) is 51.2 Å². The first kappa shape index (κ1) is 15.3. The molecule has 0 fully saturated rings. The molecule has 0 bridgehead atoms. The second kappa shape index (κ2) is 9.50. The van der Waals surface area contributed by atoms with Gasteiger partial charge >= 0.3 is 0 Å². The summed E-state index contributed by atoms with van der Waals surface area (Å²) in [4.78, 5) is 10.3. The molecule has 0 aromatic carbocycles. The minimum atomic E-state index is -0.0122. The van der Waals surface area contributed by atoms with Crippen molar-refractivity contribution in [1.82, 2.24) is 10.3 Å². The zero-order chi connectivity index (χ0) is 13.1. The molecule has 6 heteroatoms. The van der Waals surface area contributed by atoms with Gasteiger partial charge in [0.2, 0.25) is 0 Å². The lowest BCUT2D eigenvalue weighted by molar-refractivity contribution is 0.547. The molecule has 6 nitrogen and oxygen atoms in total. The van der Waals surface area contributed by atoms with E-state index < -0.39 is 0 Å². The Morgan fingerprint density at radius 1 is 1.53 bits per heavy atom. The van der Waals surface area contributed by atoms with E-state index in [0.717, 1.165) is 12.2 Å². The maximum atomic E-state index is 4.38. The lowest BCUT2D eigenvalue weighted by Crippen LogP contribution is -2.17. The molecule has 0 aliphatic heterocycles. The molecule has 96 valence electrons. The Morgan fingerprint density at radius 3 is 2.76 bits per heavy atom. The van der Waals surface area contributed by atoms with Gasteiger partial charge in [-0.3, -0.25) is 15.4 Å². The Morgan fingerprint density at radius 2 is 2.24 bits per heavy atom. The Balaban J connectivity index is 4.33. The molecule has 0 spiro atoms. The summed E-state index contributed by atoms with van der Waals surface area (Å²) in [6.07, 6.45) is 3.71. The van der Waals surface area contributed by atoms with Gasteiger partial charge in [0, 0.05) is 13.6 Å². The molecule has 0 saturated heterocycles. The van der Waals surface area contributed by atoms with Crippen LogP contribution in [0.25, 0.3) is 0 Å². The van der Waals surface area contributed by atoms with Gasteiger partial charge in [0.15, 0.2) is 0 Å². The van der Waals surface area contributed by atoms with E-state index in [-0.39, 0.29) is 6.04 Å². The van der Waals surface area contributed by atoms with Crippen LogP contribution in [0.5, 0.6) is 0 Å². The van der Waals surface area contributed by atoms with Crippen molar-refractivity contribution < 1.29 is 0 Å². The average molecular weight is 238 g/mol. The van der Waals surface area contributed by atoms with E-state index in [4.69, 9.17) is 0 Å². The fraction of sp³-hybridized carbons (Fsp3) is 0.636. The molecular formula is C11H22N6. The van der Waals surface area contributed by atoms with Crippen molar-refractivity contribution in [2.75, 3.05) is 27.2 Å². The smallest absolute Gasteiger partial charge is 0.0906 e. The van der Waals surface area contributed by atoms with Crippen LogP contribution in [0, 0.1) is 0 Å². The molecule has 0 aliphatic rings. The molecular weight excluding hydrogens is 216 g/mol. The number of hydrogen-bond acceptors (Lipinski definition) is 4. The summed E-state index contributed by atoms with van der Waals surface area (Å²) in [6, 6.07) is -0.0122. The highest BCUT2D eigenvalue weighted by molar-refractivity contribution is 5.55. The van der Waals surface area contributed by atoms with Crippen LogP contribution < -0.4 is 5.43 Å². The highest BCUT2D eigenvalue weighted by Crippen LogP contribution is 2.06. The Labute approximate surface area is 103 Å². The van der Waals surface area contributed by atoms with Crippen molar-refractivity contribution in [2.45, 2.75) is 19.9 Å². The van der Waals surface area contributed by atoms with Crippen LogP contribution in [0.3, 0.4) is 0 Å². The molecule has 17 heavy (non-hydrogen) atoms. The highest BCUT2D eigenvalue weighted by atomic mass is 15.4. The SMILES string of the molecule is C=N/C(=C\CNN=NC)C(C)N=CN(C)CC. The number of rotatable bonds is 8. The van der Waals surface area contributed by atoms with Gasteiger partial charge in [0.1, 0.15) is 0 Å². The van der Waals surface area contributed by atoms with Gasteiger partial charge in [-0.1, -0.05) is 5.22 Å². The summed E-state index contributed by atoms with van der Waals surface area (Å²) in [5, 5.41) is 7.22. The predicted molar refractivity (Wildman–Crippen MR) is 72.7 cm³/mol. The van der Waals surface area contributed by atoms with Gasteiger partial charge in [-0.05, 0) is 26.6 Å². The number of hydrogen-bond donors (Lipinski definition) is 1. The molecule has 0 heterocycles. The van der Waals surface area contributed by atoms with E-state index in [1.807, 2.05) is 31.3 Å². The van der Waals surface area contributed by atoms with E-state index >= 15 is 0 Å². The zero-order valence-corrected chi connectivity index (χ0v) is 11.1. The second-order valence-electron chi connectivity index (χ2n) is 3.46. The first-order chi connectivity index (χ1) is 8.15. The Kier molecular flexibility index (Phi) is 8.54. The highest BCUT2D eigenvalue weighted by Gasteiger charge is 2.03. The fourth-order valence-corrected chi connectivity index (χ4v) is 1.00. The lowest BCUT2D eigenvalue weighted by atomic mass is 10.2. The number of nitrogens with zero attached hydrogens (tertiary/aromatic N) is 5. The van der Waals surface area contributed by atoms with Gasteiger partial charge < -0.3 is 4.90 Å². The summed E-state index contributed by atoms with van der Waals surface area (Å²) < 4.78 is 0. The first-order valence-corrected chi connectivity index (χ1v) is 5.57. The van der Waals surface area contributed by atoms with Crippen molar-refractivity contribution in [1.29, 1.82) is 0 Å². The van der Waals surface area contributed by atoms with Crippen molar-refractivity contribution in [3.05, 3.63) is 11.8 Å². The van der Waals surface area contributed by atoms with Crippen LogP contribution in [-0.2, 0) is 0 Å². The van der Waals surface area contributed by atoms with Crippen LogP contribution >= 0.6 is 0 Å². The zero-order valence-electron chi connectivity index (χ0n) is 11.1. The molecule has 0 amide bonds. The number of aliphatic imine (C=N–C) groups is 2. The van der Waals surface area contributed by atoms with Gasteiger partial charge in [0.25, 0.3) is 0 Å². The minimum absolute atomic E-state index is 0.0122. The van der Waals surface area contributed by atoms with Crippen LogP contribution in [0.15, 0.2) is 32.1 Å². The van der Waals surface area contributed by atoms with Crippen LogP contribution in [0.4, 0.5) is 0 Å². The molecule has 1 N–H and O–H groups in total. The van der Waals surface area contributed by atoms with Crippen molar-refractivity contribution in [3.63, 3.8) is 0 Å². The first-order valence-electron chi connectivity index (χ1n) is 5.57. The largest absolute Gasteiger partial charge is 0.366 e. The summed E-state index contributed by atoms with van der Waals surface area (Å²) in [6.45, 7) is 9.07. The summed E-state index contributed by atoms with van der Waals surface area (Å²) in [5.74, 6) is 0. The third-order valence-corrected chi connectivity index (χ3v) is 2.17. The van der Waals surface area contributed by atoms with E-state index in [1.165, 1.54) is 0 Å². The maximum Gasteiger partial charge on any atom is 0.0906 e. The summed E-state index contributed by atoms with van der Waals surface area (Å²) >= 11 is 0. The van der Waals surface area contributed by atoms with Crippen LogP contribution in [0.1, 0.15) is 13.8 Å². The monoisotopic (exact) mass is 238 g/mol. The van der Waals surface area contributed by atoms with Crippen molar-refractivity contribution in [3.8, 4) is 0 Å². The molecule has 0 saturated carbocycles. The minimum Gasteiger partial charge on any atom is -0.366 e. The van der Waals surface area contributed by atoms with E-state index in [1.54, 1.807) is 7.05 Å². The van der Waals surface area contributed by atoms with Crippen molar-refractivity contribution >= 4 is 13.1 Å². The fourth-order valence-electron chi connectivity index (χ4n) is 1.00. The van der Waals surface area contributed by atoms with E-state index in [9.17, 15) is 0 Å². The quantitative estimate of drug-likeness (QED) is 0.229. The third kappa shape index (κ3) is 7.21. The van der Waals surface area contributed by atoms with E-state index in [2.05, 4.69) is 39.4 Å². The van der Waals surface area contributed by atoms with Gasteiger partial charge in [-0.2, -0.15) is 5.11 Å². The molecule has 0 radical (unpaired) electrons. The molecule has 0 rings (SSSR count).